The van der Waals surface area contributed by atoms with E-state index in [4.69, 9.17) is 13.9 Å². The minimum absolute atomic E-state index is 0.0163. The zero-order chi connectivity index (χ0) is 16.7. The van der Waals surface area contributed by atoms with Crippen molar-refractivity contribution < 1.29 is 18.7 Å². The number of furan rings is 1. The summed E-state index contributed by atoms with van der Waals surface area (Å²) in [4.78, 5) is 12.8. The number of benzene rings is 1. The van der Waals surface area contributed by atoms with Gasteiger partial charge in [-0.25, -0.2) is 0 Å². The molecule has 0 saturated carbocycles. The van der Waals surface area contributed by atoms with Gasteiger partial charge < -0.3 is 19.2 Å². The predicted octanol–water partition coefficient (Wildman–Crippen LogP) is 3.12. The van der Waals surface area contributed by atoms with Gasteiger partial charge in [0.15, 0.2) is 5.76 Å². The van der Waals surface area contributed by atoms with Gasteiger partial charge in [0.2, 0.25) is 0 Å². The second-order valence-corrected chi connectivity index (χ2v) is 6.85. The summed E-state index contributed by atoms with van der Waals surface area (Å²) in [6, 6.07) is 6.00. The van der Waals surface area contributed by atoms with Gasteiger partial charge in [-0.05, 0) is 25.8 Å². The summed E-state index contributed by atoms with van der Waals surface area (Å²) >= 11 is 0. The number of hydrogen-bond acceptors (Lipinski definition) is 4. The third-order valence-corrected chi connectivity index (χ3v) is 5.44. The summed E-state index contributed by atoms with van der Waals surface area (Å²) in [6.07, 6.45) is 2.50. The van der Waals surface area contributed by atoms with Crippen LogP contribution in [0, 0.1) is 13.8 Å². The van der Waals surface area contributed by atoms with Crippen LogP contribution < -0.4 is 5.32 Å². The molecule has 2 aliphatic heterocycles. The highest BCUT2D eigenvalue weighted by atomic mass is 16.5. The van der Waals surface area contributed by atoms with E-state index in [9.17, 15) is 4.79 Å². The Morgan fingerprint density at radius 1 is 1.21 bits per heavy atom. The van der Waals surface area contributed by atoms with Crippen molar-refractivity contribution in [2.75, 3.05) is 19.8 Å². The summed E-state index contributed by atoms with van der Waals surface area (Å²) in [5, 5.41) is 4.17. The lowest BCUT2D eigenvalue weighted by atomic mass is 9.86. The topological polar surface area (TPSA) is 60.7 Å². The van der Waals surface area contributed by atoms with Crippen LogP contribution in [0.5, 0.6) is 0 Å². The van der Waals surface area contributed by atoms with E-state index in [0.29, 0.717) is 25.6 Å². The standard InChI is InChI=1S/C19H23NO4/c1-12-4-3-5-14-13(2)17(24-16(12)14)18(21)20-15-6-9-23-19(15)7-10-22-11-8-19/h3-5,15H,6-11H2,1-2H3,(H,20,21). The van der Waals surface area contributed by atoms with Crippen molar-refractivity contribution in [3.63, 3.8) is 0 Å². The Morgan fingerprint density at radius 2 is 2.00 bits per heavy atom. The number of aryl methyl sites for hydroxylation is 2. The average molecular weight is 329 g/mol. The van der Waals surface area contributed by atoms with Gasteiger partial charge in [-0.2, -0.15) is 0 Å². The first-order chi connectivity index (χ1) is 11.6. The van der Waals surface area contributed by atoms with Crippen molar-refractivity contribution in [1.29, 1.82) is 0 Å². The maximum absolute atomic E-state index is 12.8. The number of fused-ring (bicyclic) bond motifs is 1. The second-order valence-electron chi connectivity index (χ2n) is 6.85. The molecule has 128 valence electrons. The third kappa shape index (κ3) is 2.43. The average Bonchev–Trinajstić information content (AvgIpc) is 3.12. The quantitative estimate of drug-likeness (QED) is 0.919. The van der Waals surface area contributed by atoms with Crippen LogP contribution in [0.3, 0.4) is 0 Å². The van der Waals surface area contributed by atoms with Crippen molar-refractivity contribution >= 4 is 16.9 Å². The molecule has 2 saturated heterocycles. The largest absolute Gasteiger partial charge is 0.450 e. The fourth-order valence-corrected chi connectivity index (χ4v) is 3.98. The smallest absolute Gasteiger partial charge is 0.287 e. The van der Waals surface area contributed by atoms with Crippen LogP contribution in [0.25, 0.3) is 11.0 Å². The Labute approximate surface area is 141 Å². The summed E-state index contributed by atoms with van der Waals surface area (Å²) < 4.78 is 17.4. The Balaban J connectivity index is 1.60. The molecular weight excluding hydrogens is 306 g/mol. The van der Waals surface area contributed by atoms with Gasteiger partial charge in [-0.3, -0.25) is 4.79 Å². The first-order valence-corrected chi connectivity index (χ1v) is 8.62. The van der Waals surface area contributed by atoms with E-state index < -0.39 is 0 Å². The Kier molecular flexibility index (Phi) is 3.85. The van der Waals surface area contributed by atoms with Crippen molar-refractivity contribution in [3.05, 3.63) is 35.1 Å². The zero-order valence-electron chi connectivity index (χ0n) is 14.2. The predicted molar refractivity (Wildman–Crippen MR) is 90.3 cm³/mol. The number of carbonyl (C=O) groups excluding carboxylic acids is 1. The van der Waals surface area contributed by atoms with Gasteiger partial charge in [0, 0.05) is 43.6 Å². The molecular formula is C19H23NO4. The molecule has 3 heterocycles. The monoisotopic (exact) mass is 329 g/mol. The number of carbonyl (C=O) groups is 1. The molecule has 0 aliphatic carbocycles. The number of amides is 1. The number of ether oxygens (including phenoxy) is 2. The SMILES string of the molecule is Cc1c(C(=O)NC2CCOC23CCOCC3)oc2c(C)cccc12. The highest BCUT2D eigenvalue weighted by molar-refractivity contribution is 5.99. The van der Waals surface area contributed by atoms with E-state index in [2.05, 4.69) is 5.32 Å². The first-order valence-electron chi connectivity index (χ1n) is 8.62. The second kappa shape index (κ2) is 5.90. The van der Waals surface area contributed by atoms with Crippen molar-refractivity contribution in [2.24, 2.45) is 0 Å². The van der Waals surface area contributed by atoms with Crippen LogP contribution in [-0.2, 0) is 9.47 Å². The van der Waals surface area contributed by atoms with Gasteiger partial charge in [-0.15, -0.1) is 0 Å². The van der Waals surface area contributed by atoms with Gasteiger partial charge in [-0.1, -0.05) is 18.2 Å². The maximum Gasteiger partial charge on any atom is 0.287 e. The molecule has 1 spiro atoms. The normalized spacial score (nSPS) is 23.0. The van der Waals surface area contributed by atoms with E-state index in [1.165, 1.54) is 0 Å². The molecule has 0 radical (unpaired) electrons. The number of nitrogens with one attached hydrogen (secondary N) is 1. The molecule has 4 rings (SSSR count). The molecule has 1 aromatic heterocycles. The van der Waals surface area contributed by atoms with Crippen molar-refractivity contribution in [3.8, 4) is 0 Å². The minimum atomic E-state index is -0.274. The number of hydrogen-bond donors (Lipinski definition) is 1. The lowest BCUT2D eigenvalue weighted by Crippen LogP contribution is -2.52. The van der Waals surface area contributed by atoms with Gasteiger partial charge in [0.25, 0.3) is 5.91 Å². The fourth-order valence-electron chi connectivity index (χ4n) is 3.98. The Bertz CT molecular complexity index is 773. The van der Waals surface area contributed by atoms with Crippen molar-refractivity contribution in [1.82, 2.24) is 5.32 Å². The van der Waals surface area contributed by atoms with Gasteiger partial charge in [0.05, 0.1) is 11.6 Å². The summed E-state index contributed by atoms with van der Waals surface area (Å²) in [5.41, 5.74) is 2.46. The van der Waals surface area contributed by atoms with Crippen molar-refractivity contribution in [2.45, 2.75) is 44.8 Å². The van der Waals surface area contributed by atoms with Gasteiger partial charge >= 0.3 is 0 Å². The van der Waals surface area contributed by atoms with E-state index in [0.717, 1.165) is 41.4 Å². The van der Waals surface area contributed by atoms with Crippen LogP contribution in [0.4, 0.5) is 0 Å². The minimum Gasteiger partial charge on any atom is -0.450 e. The zero-order valence-corrected chi connectivity index (χ0v) is 14.2. The van der Waals surface area contributed by atoms with Crippen LogP contribution in [-0.4, -0.2) is 37.4 Å². The highest BCUT2D eigenvalue weighted by Crippen LogP contribution is 2.36. The van der Waals surface area contributed by atoms with E-state index in [1.54, 1.807) is 0 Å². The highest BCUT2D eigenvalue weighted by Gasteiger charge is 2.46. The van der Waals surface area contributed by atoms with Crippen LogP contribution in [0.1, 0.15) is 40.9 Å². The number of para-hydroxylation sites is 1. The molecule has 1 unspecified atom stereocenters. The molecule has 1 atom stereocenters. The maximum atomic E-state index is 12.8. The Hall–Kier alpha value is -1.85. The first kappa shape index (κ1) is 15.7. The molecule has 1 aromatic carbocycles. The lowest BCUT2D eigenvalue weighted by molar-refractivity contribution is -0.0873. The van der Waals surface area contributed by atoms with Gasteiger partial charge in [0.1, 0.15) is 5.58 Å². The molecule has 1 N–H and O–H groups in total. The summed E-state index contributed by atoms with van der Waals surface area (Å²) in [7, 11) is 0. The third-order valence-electron chi connectivity index (χ3n) is 5.44. The van der Waals surface area contributed by atoms with E-state index in [1.807, 2.05) is 32.0 Å². The lowest BCUT2D eigenvalue weighted by Gasteiger charge is -2.37. The molecule has 2 fully saturated rings. The number of rotatable bonds is 2. The van der Waals surface area contributed by atoms with Crippen LogP contribution >= 0.6 is 0 Å². The molecule has 2 aromatic rings. The molecule has 2 aliphatic rings. The molecule has 0 bridgehead atoms. The molecule has 24 heavy (non-hydrogen) atoms. The summed E-state index contributed by atoms with van der Waals surface area (Å²) in [6.45, 7) is 6.00. The molecule has 5 heteroatoms. The fraction of sp³-hybridized carbons (Fsp3) is 0.526. The summed E-state index contributed by atoms with van der Waals surface area (Å²) in [5.74, 6) is 0.262. The van der Waals surface area contributed by atoms with Crippen LogP contribution in [0.15, 0.2) is 22.6 Å². The van der Waals surface area contributed by atoms with E-state index in [-0.39, 0.29) is 17.6 Å². The molecule has 5 nitrogen and oxygen atoms in total. The van der Waals surface area contributed by atoms with Crippen LogP contribution in [0.2, 0.25) is 0 Å². The van der Waals surface area contributed by atoms with E-state index >= 15 is 0 Å². The Morgan fingerprint density at radius 3 is 2.75 bits per heavy atom. The molecule has 1 amide bonds.